The van der Waals surface area contributed by atoms with Crippen LogP contribution in [-0.2, 0) is 0 Å². The van der Waals surface area contributed by atoms with Crippen LogP contribution in [0.2, 0.25) is 0 Å². The molecule has 6 heteroatoms. The molecule has 0 amide bonds. The van der Waals surface area contributed by atoms with Crippen LogP contribution in [0.4, 0.5) is 11.4 Å². The summed E-state index contributed by atoms with van der Waals surface area (Å²) in [5.41, 5.74) is -0.522. The average molecular weight is 261 g/mol. The van der Waals surface area contributed by atoms with Crippen molar-refractivity contribution in [2.45, 2.75) is 6.92 Å². The van der Waals surface area contributed by atoms with E-state index < -0.39 is 16.8 Å². The summed E-state index contributed by atoms with van der Waals surface area (Å²) in [6.45, 7) is 2.00. The summed E-state index contributed by atoms with van der Waals surface area (Å²) in [7, 11) is 0. The summed E-state index contributed by atoms with van der Waals surface area (Å²) < 4.78 is 5.06. The van der Waals surface area contributed by atoms with E-state index in [9.17, 15) is 14.4 Å². The zero-order valence-corrected chi connectivity index (χ0v) is 10.1. The molecule has 2 N–H and O–H groups in total. The number of hydrogen-bond acceptors (Lipinski definition) is 5. The first kappa shape index (κ1) is 12.8. The van der Waals surface area contributed by atoms with Crippen molar-refractivity contribution in [1.29, 1.82) is 0 Å². The van der Waals surface area contributed by atoms with Crippen molar-refractivity contribution in [3.63, 3.8) is 0 Å². The maximum Gasteiger partial charge on any atom is 0.335 e. The molecule has 0 fully saturated rings. The molecule has 0 bridgehead atoms. The number of anilines is 2. The summed E-state index contributed by atoms with van der Waals surface area (Å²) in [5.74, 6) is -1.01. The van der Waals surface area contributed by atoms with Gasteiger partial charge in [0.1, 0.15) is 5.69 Å². The number of nitrogens with one attached hydrogen (secondary N) is 1. The first-order valence-electron chi connectivity index (χ1n) is 5.61. The standard InChI is InChI=1S/C13H11NO5/c1-2-19-12-9(10(15)11(12)16)14-8-5-3-7(4-6-8)13(17)18/h3-6,14H,2H2,1H3,(H,17,18). The van der Waals surface area contributed by atoms with Crippen LogP contribution in [-0.4, -0.2) is 17.7 Å². The van der Waals surface area contributed by atoms with Gasteiger partial charge in [-0.05, 0) is 31.2 Å². The van der Waals surface area contributed by atoms with E-state index in [2.05, 4.69) is 5.32 Å². The predicted octanol–water partition coefficient (Wildman–Crippen LogP) is 1.12. The van der Waals surface area contributed by atoms with Gasteiger partial charge in [-0.1, -0.05) is 0 Å². The summed E-state index contributed by atoms with van der Waals surface area (Å²) >= 11 is 0. The van der Waals surface area contributed by atoms with E-state index in [1.165, 1.54) is 24.3 Å². The van der Waals surface area contributed by atoms with Gasteiger partial charge in [0, 0.05) is 5.69 Å². The number of ether oxygens (including phenoxy) is 1. The van der Waals surface area contributed by atoms with Gasteiger partial charge < -0.3 is 15.2 Å². The molecule has 0 saturated heterocycles. The van der Waals surface area contributed by atoms with Gasteiger partial charge in [0.05, 0.1) is 12.2 Å². The lowest BCUT2D eigenvalue weighted by Gasteiger charge is -2.13. The summed E-state index contributed by atoms with van der Waals surface area (Å²) in [5, 5.41) is 11.5. The molecule has 19 heavy (non-hydrogen) atoms. The Kier molecular flexibility index (Phi) is 3.33. The van der Waals surface area contributed by atoms with Crippen molar-refractivity contribution in [2.24, 2.45) is 0 Å². The molecule has 0 aromatic heterocycles. The van der Waals surface area contributed by atoms with E-state index >= 15 is 0 Å². The number of rotatable bonds is 5. The lowest BCUT2D eigenvalue weighted by Crippen LogP contribution is -2.35. The number of carboxylic acids is 1. The van der Waals surface area contributed by atoms with E-state index in [4.69, 9.17) is 9.84 Å². The van der Waals surface area contributed by atoms with Gasteiger partial charge in [-0.25, -0.2) is 4.79 Å². The van der Waals surface area contributed by atoms with Crippen LogP contribution >= 0.6 is 0 Å². The number of carboxylic acid groups (broad SMARTS) is 1. The van der Waals surface area contributed by atoms with Gasteiger partial charge in [-0.15, -0.1) is 0 Å². The Morgan fingerprint density at radius 3 is 2.37 bits per heavy atom. The maximum atomic E-state index is 11.4. The number of carbonyl (C=O) groups is 1. The van der Waals surface area contributed by atoms with Crippen molar-refractivity contribution in [2.75, 3.05) is 11.9 Å². The van der Waals surface area contributed by atoms with Gasteiger partial charge in [0.2, 0.25) is 0 Å². The van der Waals surface area contributed by atoms with Crippen LogP contribution in [0.25, 0.3) is 0 Å². The first-order valence-corrected chi connectivity index (χ1v) is 5.61. The van der Waals surface area contributed by atoms with Gasteiger partial charge in [-0.2, -0.15) is 0 Å². The van der Waals surface area contributed by atoms with Crippen LogP contribution in [0.3, 0.4) is 0 Å². The van der Waals surface area contributed by atoms with E-state index in [0.717, 1.165) is 0 Å². The normalized spacial score (nSPS) is 10.4. The average Bonchev–Trinajstić information content (AvgIpc) is 2.42. The third-order valence-electron chi connectivity index (χ3n) is 2.56. The zero-order chi connectivity index (χ0) is 14.0. The van der Waals surface area contributed by atoms with E-state index in [1.54, 1.807) is 6.92 Å². The van der Waals surface area contributed by atoms with Crippen LogP contribution in [0.1, 0.15) is 17.3 Å². The fraction of sp³-hybridized carbons (Fsp3) is 0.154. The second-order valence-electron chi connectivity index (χ2n) is 3.80. The van der Waals surface area contributed by atoms with Crippen molar-refractivity contribution >= 4 is 17.3 Å². The maximum absolute atomic E-state index is 11.4. The van der Waals surface area contributed by atoms with Gasteiger partial charge in [-0.3, -0.25) is 9.59 Å². The van der Waals surface area contributed by atoms with E-state index in [-0.39, 0.29) is 23.6 Å². The summed E-state index contributed by atoms with van der Waals surface area (Å²) in [6.07, 6.45) is 0. The third-order valence-corrected chi connectivity index (χ3v) is 2.56. The molecule has 0 atom stereocenters. The molecular formula is C13H11NO5. The Bertz CT molecular complexity index is 680. The lowest BCUT2D eigenvalue weighted by atomic mass is 10.1. The molecule has 0 radical (unpaired) electrons. The highest BCUT2D eigenvalue weighted by Gasteiger charge is 2.22. The molecule has 0 aliphatic rings. The number of benzene rings is 1. The quantitative estimate of drug-likeness (QED) is 0.783. The van der Waals surface area contributed by atoms with Crippen LogP contribution in [0, 0.1) is 0 Å². The molecule has 2 aromatic carbocycles. The van der Waals surface area contributed by atoms with Gasteiger partial charge in [0.15, 0.2) is 5.75 Å². The van der Waals surface area contributed by atoms with Crippen molar-refractivity contribution < 1.29 is 14.6 Å². The molecule has 98 valence electrons. The lowest BCUT2D eigenvalue weighted by molar-refractivity contribution is 0.0697. The third kappa shape index (κ3) is 2.33. The van der Waals surface area contributed by atoms with Crippen molar-refractivity contribution in [3.05, 3.63) is 50.3 Å². The number of aromatic carboxylic acids is 1. The van der Waals surface area contributed by atoms with Gasteiger partial charge in [0.25, 0.3) is 10.9 Å². The summed E-state index contributed by atoms with van der Waals surface area (Å²) in [4.78, 5) is 33.3. The highest BCUT2D eigenvalue weighted by atomic mass is 16.5. The molecular weight excluding hydrogens is 250 g/mol. The molecule has 0 aliphatic heterocycles. The molecule has 2 aromatic rings. The topological polar surface area (TPSA) is 92.7 Å². The fourth-order valence-electron chi connectivity index (χ4n) is 1.61. The second kappa shape index (κ2) is 4.93. The monoisotopic (exact) mass is 261 g/mol. The van der Waals surface area contributed by atoms with E-state index in [1.807, 2.05) is 0 Å². The summed E-state index contributed by atoms with van der Waals surface area (Å²) in [6, 6.07) is 5.82. The Morgan fingerprint density at radius 1 is 1.21 bits per heavy atom. The van der Waals surface area contributed by atoms with Gasteiger partial charge >= 0.3 is 5.97 Å². The van der Waals surface area contributed by atoms with Crippen LogP contribution < -0.4 is 20.9 Å². The molecule has 6 nitrogen and oxygen atoms in total. The molecule has 0 spiro atoms. The van der Waals surface area contributed by atoms with Crippen LogP contribution in [0.15, 0.2) is 33.9 Å². The molecule has 0 unspecified atom stereocenters. The Balaban J connectivity index is 2.22. The molecule has 0 aliphatic carbocycles. The highest BCUT2D eigenvalue weighted by molar-refractivity contribution is 5.88. The Hall–Kier alpha value is -2.63. The SMILES string of the molecule is CCOc1c(Nc2ccc(C(=O)O)cc2)c(=O)c1=O. The smallest absolute Gasteiger partial charge is 0.335 e. The number of hydrogen-bond donors (Lipinski definition) is 2. The van der Waals surface area contributed by atoms with Crippen LogP contribution in [0.5, 0.6) is 5.75 Å². The predicted molar refractivity (Wildman–Crippen MR) is 69.2 cm³/mol. The fourth-order valence-corrected chi connectivity index (χ4v) is 1.61. The zero-order valence-electron chi connectivity index (χ0n) is 10.1. The first-order chi connectivity index (χ1) is 9.04. The second-order valence-corrected chi connectivity index (χ2v) is 3.80. The largest absolute Gasteiger partial charge is 0.488 e. The van der Waals surface area contributed by atoms with E-state index in [0.29, 0.717) is 5.69 Å². The van der Waals surface area contributed by atoms with Crippen molar-refractivity contribution in [1.82, 2.24) is 0 Å². The highest BCUT2D eigenvalue weighted by Crippen LogP contribution is 2.22. The molecule has 2 rings (SSSR count). The minimum absolute atomic E-state index is 0.0230. The molecule has 0 heterocycles. The Morgan fingerprint density at radius 2 is 1.84 bits per heavy atom. The minimum Gasteiger partial charge on any atom is -0.488 e. The minimum atomic E-state index is -1.03. The Labute approximate surface area is 108 Å². The molecule has 0 saturated carbocycles. The van der Waals surface area contributed by atoms with Crippen molar-refractivity contribution in [3.8, 4) is 5.75 Å².